The summed E-state index contributed by atoms with van der Waals surface area (Å²) in [6, 6.07) is 19.8. The maximum atomic E-state index is 12.9. The topological polar surface area (TPSA) is 95.9 Å². The van der Waals surface area contributed by atoms with Crippen LogP contribution in [0.15, 0.2) is 71.2 Å². The average molecular weight is 523 g/mol. The van der Waals surface area contributed by atoms with Gasteiger partial charge in [0.05, 0.1) is 11.3 Å². The fourth-order valence-corrected chi connectivity index (χ4v) is 4.44. The summed E-state index contributed by atoms with van der Waals surface area (Å²) in [7, 11) is 1.40. The SMILES string of the molecule is C[C@@H](C(=O)O)N(C)C(=O)c1ccc(Br)cc1NC(=O)OCC1c2ccccc2-c2ccccc21. The molecule has 2 amide bonds. The van der Waals surface area contributed by atoms with Crippen LogP contribution in [0.2, 0.25) is 0 Å². The van der Waals surface area contributed by atoms with Gasteiger partial charge in [-0.15, -0.1) is 0 Å². The van der Waals surface area contributed by atoms with Crippen molar-refractivity contribution >= 4 is 39.6 Å². The number of fused-ring (bicyclic) bond motifs is 3. The zero-order valence-corrected chi connectivity index (χ0v) is 20.2. The largest absolute Gasteiger partial charge is 0.480 e. The molecule has 34 heavy (non-hydrogen) atoms. The molecule has 0 saturated heterocycles. The molecule has 1 atom stereocenters. The second-order valence-corrected chi connectivity index (χ2v) is 8.99. The number of aliphatic carboxylic acids is 1. The summed E-state index contributed by atoms with van der Waals surface area (Å²) in [6.07, 6.45) is -0.706. The first kappa shape index (κ1) is 23.5. The fourth-order valence-electron chi connectivity index (χ4n) is 4.08. The highest BCUT2D eigenvalue weighted by Gasteiger charge is 2.29. The number of ether oxygens (including phenoxy) is 1. The van der Waals surface area contributed by atoms with E-state index in [0.717, 1.165) is 27.2 Å². The molecule has 0 unspecified atom stereocenters. The van der Waals surface area contributed by atoms with Gasteiger partial charge in [-0.25, -0.2) is 9.59 Å². The van der Waals surface area contributed by atoms with E-state index in [4.69, 9.17) is 4.74 Å². The molecule has 0 heterocycles. The predicted octanol–water partition coefficient (Wildman–Crippen LogP) is 5.36. The van der Waals surface area contributed by atoms with Crippen LogP contribution in [0, 0.1) is 0 Å². The van der Waals surface area contributed by atoms with Crippen LogP contribution >= 0.6 is 15.9 Å². The lowest BCUT2D eigenvalue weighted by Gasteiger charge is -2.23. The number of nitrogens with one attached hydrogen (secondary N) is 1. The lowest BCUT2D eigenvalue weighted by atomic mass is 9.98. The molecule has 0 spiro atoms. The van der Waals surface area contributed by atoms with Crippen LogP contribution in [0.4, 0.5) is 10.5 Å². The maximum absolute atomic E-state index is 12.9. The number of amides is 2. The highest BCUT2D eigenvalue weighted by molar-refractivity contribution is 9.10. The molecule has 2 N–H and O–H groups in total. The average Bonchev–Trinajstić information content (AvgIpc) is 3.15. The maximum Gasteiger partial charge on any atom is 0.411 e. The fraction of sp³-hybridized carbons (Fsp3) is 0.192. The Hall–Kier alpha value is -3.65. The van der Waals surface area contributed by atoms with Crippen molar-refractivity contribution in [3.63, 3.8) is 0 Å². The Labute approximate surface area is 205 Å². The highest BCUT2D eigenvalue weighted by Crippen LogP contribution is 2.44. The minimum atomic E-state index is -1.13. The van der Waals surface area contributed by atoms with Gasteiger partial charge in [-0.05, 0) is 47.4 Å². The molecule has 0 saturated carbocycles. The highest BCUT2D eigenvalue weighted by atomic mass is 79.9. The number of carbonyl (C=O) groups is 3. The number of halogens is 1. The Morgan fingerprint density at radius 2 is 1.62 bits per heavy atom. The van der Waals surface area contributed by atoms with Gasteiger partial charge < -0.3 is 14.7 Å². The van der Waals surface area contributed by atoms with Gasteiger partial charge in [-0.3, -0.25) is 10.1 Å². The van der Waals surface area contributed by atoms with Crippen LogP contribution in [0.25, 0.3) is 11.1 Å². The monoisotopic (exact) mass is 522 g/mol. The normalized spacial score (nSPS) is 12.9. The van der Waals surface area contributed by atoms with Crippen molar-refractivity contribution in [2.24, 2.45) is 0 Å². The first-order chi connectivity index (χ1) is 16.3. The molecule has 4 rings (SSSR count). The van der Waals surface area contributed by atoms with E-state index in [1.54, 1.807) is 12.1 Å². The number of hydrogen-bond acceptors (Lipinski definition) is 4. The number of carbonyl (C=O) groups excluding carboxylic acids is 2. The second kappa shape index (κ2) is 9.69. The van der Waals surface area contributed by atoms with E-state index in [2.05, 4.69) is 33.4 Å². The summed E-state index contributed by atoms with van der Waals surface area (Å²) in [5.41, 5.74) is 4.83. The first-order valence-electron chi connectivity index (χ1n) is 10.7. The molecule has 3 aromatic carbocycles. The van der Waals surface area contributed by atoms with E-state index >= 15 is 0 Å². The molecule has 0 aliphatic heterocycles. The van der Waals surface area contributed by atoms with Crippen molar-refractivity contribution in [3.05, 3.63) is 87.9 Å². The number of rotatable bonds is 6. The third-order valence-electron chi connectivity index (χ3n) is 6.05. The number of benzene rings is 3. The summed E-state index contributed by atoms with van der Waals surface area (Å²) >= 11 is 3.34. The van der Waals surface area contributed by atoms with Gasteiger partial charge in [0.2, 0.25) is 0 Å². The number of likely N-dealkylation sites (N-methyl/N-ethyl adjacent to an activating group) is 1. The Kier molecular flexibility index (Phi) is 6.70. The zero-order valence-electron chi connectivity index (χ0n) is 18.6. The Bertz CT molecular complexity index is 1230. The molecule has 0 radical (unpaired) electrons. The predicted molar refractivity (Wildman–Crippen MR) is 132 cm³/mol. The van der Waals surface area contributed by atoms with E-state index in [1.807, 2.05) is 36.4 Å². The molecule has 1 aliphatic carbocycles. The summed E-state index contributed by atoms with van der Waals surface area (Å²) in [6.45, 7) is 1.55. The Balaban J connectivity index is 1.51. The van der Waals surface area contributed by atoms with Crippen molar-refractivity contribution < 1.29 is 24.2 Å². The zero-order chi connectivity index (χ0) is 24.4. The molecule has 174 valence electrons. The van der Waals surface area contributed by atoms with Crippen molar-refractivity contribution in [1.82, 2.24) is 4.90 Å². The third-order valence-corrected chi connectivity index (χ3v) is 6.54. The molecule has 0 aromatic heterocycles. The van der Waals surface area contributed by atoms with E-state index in [1.165, 1.54) is 20.0 Å². The molecule has 0 bridgehead atoms. The van der Waals surface area contributed by atoms with Gasteiger partial charge in [0, 0.05) is 17.4 Å². The summed E-state index contributed by atoms with van der Waals surface area (Å²) in [5, 5.41) is 11.9. The summed E-state index contributed by atoms with van der Waals surface area (Å²) in [5.74, 6) is -1.75. The van der Waals surface area contributed by atoms with Crippen LogP contribution in [-0.4, -0.2) is 47.7 Å². The van der Waals surface area contributed by atoms with Crippen LogP contribution in [-0.2, 0) is 9.53 Å². The molecular weight excluding hydrogens is 500 g/mol. The van der Waals surface area contributed by atoms with E-state index < -0.39 is 24.0 Å². The number of nitrogens with zero attached hydrogens (tertiary/aromatic N) is 1. The summed E-state index contributed by atoms with van der Waals surface area (Å²) < 4.78 is 6.23. The number of hydrogen-bond donors (Lipinski definition) is 2. The second-order valence-electron chi connectivity index (χ2n) is 8.07. The van der Waals surface area contributed by atoms with Crippen molar-refractivity contribution in [2.45, 2.75) is 18.9 Å². The molecule has 3 aromatic rings. The lowest BCUT2D eigenvalue weighted by Crippen LogP contribution is -2.40. The summed E-state index contributed by atoms with van der Waals surface area (Å²) in [4.78, 5) is 38.0. The number of carboxylic acid groups (broad SMARTS) is 1. The van der Waals surface area contributed by atoms with Gasteiger partial charge in [0.15, 0.2) is 0 Å². The van der Waals surface area contributed by atoms with E-state index in [-0.39, 0.29) is 23.8 Å². The Morgan fingerprint density at radius 3 is 2.21 bits per heavy atom. The van der Waals surface area contributed by atoms with E-state index in [0.29, 0.717) is 4.47 Å². The molecule has 8 heteroatoms. The molecule has 0 fully saturated rings. The van der Waals surface area contributed by atoms with Gasteiger partial charge in [0.25, 0.3) is 5.91 Å². The Morgan fingerprint density at radius 1 is 1.03 bits per heavy atom. The quantitative estimate of drug-likeness (QED) is 0.454. The molecular formula is C26H23BrN2O5. The number of carboxylic acids is 1. The van der Waals surface area contributed by atoms with Gasteiger partial charge >= 0.3 is 12.1 Å². The van der Waals surface area contributed by atoms with Gasteiger partial charge in [-0.1, -0.05) is 64.5 Å². The van der Waals surface area contributed by atoms with Crippen LogP contribution in [0.1, 0.15) is 34.3 Å². The number of anilines is 1. The lowest BCUT2D eigenvalue weighted by molar-refractivity contribution is -0.141. The van der Waals surface area contributed by atoms with Crippen molar-refractivity contribution in [2.75, 3.05) is 19.0 Å². The van der Waals surface area contributed by atoms with Gasteiger partial charge in [0.1, 0.15) is 12.6 Å². The molecule has 1 aliphatic rings. The van der Waals surface area contributed by atoms with Crippen molar-refractivity contribution in [3.8, 4) is 11.1 Å². The molecule has 7 nitrogen and oxygen atoms in total. The standard InChI is InChI=1S/C26H23BrN2O5/c1-15(25(31)32)29(2)24(30)21-12-11-16(27)13-23(21)28-26(33)34-14-22-19-9-5-3-7-17(19)18-8-4-6-10-20(18)22/h3-13,15,22H,14H2,1-2H3,(H,28,33)(H,31,32)/t15-/m0/s1. The minimum absolute atomic E-state index is 0.0932. The van der Waals surface area contributed by atoms with Gasteiger partial charge in [-0.2, -0.15) is 0 Å². The van der Waals surface area contributed by atoms with Crippen LogP contribution < -0.4 is 5.32 Å². The smallest absolute Gasteiger partial charge is 0.411 e. The van der Waals surface area contributed by atoms with E-state index in [9.17, 15) is 19.5 Å². The minimum Gasteiger partial charge on any atom is -0.480 e. The van der Waals surface area contributed by atoms with Crippen molar-refractivity contribution in [1.29, 1.82) is 0 Å². The van der Waals surface area contributed by atoms with Crippen LogP contribution in [0.5, 0.6) is 0 Å². The van der Waals surface area contributed by atoms with Crippen LogP contribution in [0.3, 0.4) is 0 Å². The first-order valence-corrected chi connectivity index (χ1v) is 11.5. The third kappa shape index (κ3) is 4.54.